The van der Waals surface area contributed by atoms with Gasteiger partial charge in [0.2, 0.25) is 16.9 Å². The van der Waals surface area contributed by atoms with Gasteiger partial charge in [-0.15, -0.1) is 10.2 Å². The Bertz CT molecular complexity index is 870. The highest BCUT2D eigenvalue weighted by atomic mass is 32.2. The number of carbonyl (C=O) groups is 3. The second-order valence-corrected chi connectivity index (χ2v) is 9.16. The molecule has 1 fully saturated rings. The van der Waals surface area contributed by atoms with Crippen molar-refractivity contribution in [3.63, 3.8) is 0 Å². The standard InChI is InChI=1S/C19H23N5O3S2/c1-3-15(25)24(14-9-10-14)18-22-23-19(29-18)28-12(2)16(26)21-17(27)20-11-13-7-5-4-6-8-13/h4-8,12,14H,3,9-11H2,1-2H3,(H2,20,21,26,27). The normalized spacial score (nSPS) is 14.1. The lowest BCUT2D eigenvalue weighted by Gasteiger charge is -2.17. The first kappa shape index (κ1) is 21.3. The molecule has 3 rings (SSSR count). The highest BCUT2D eigenvalue weighted by Gasteiger charge is 2.35. The van der Waals surface area contributed by atoms with E-state index in [4.69, 9.17) is 0 Å². The first-order valence-corrected chi connectivity index (χ1v) is 11.1. The Hall–Kier alpha value is -2.46. The maximum atomic E-state index is 12.3. The lowest BCUT2D eigenvalue weighted by molar-refractivity contribution is -0.119. The van der Waals surface area contributed by atoms with E-state index in [1.165, 1.54) is 23.1 Å². The summed E-state index contributed by atoms with van der Waals surface area (Å²) in [7, 11) is 0. The van der Waals surface area contributed by atoms with E-state index in [1.54, 1.807) is 11.8 Å². The fourth-order valence-corrected chi connectivity index (χ4v) is 4.63. The van der Waals surface area contributed by atoms with Crippen LogP contribution in [0.15, 0.2) is 34.7 Å². The van der Waals surface area contributed by atoms with Crippen molar-refractivity contribution < 1.29 is 14.4 Å². The van der Waals surface area contributed by atoms with Crippen LogP contribution in [0.2, 0.25) is 0 Å². The van der Waals surface area contributed by atoms with E-state index in [1.807, 2.05) is 37.3 Å². The minimum atomic E-state index is -0.544. The SMILES string of the molecule is CCC(=O)N(c1nnc(SC(C)C(=O)NC(=O)NCc2ccccc2)s1)C1CC1. The van der Waals surface area contributed by atoms with Gasteiger partial charge in [-0.25, -0.2) is 4.79 Å². The van der Waals surface area contributed by atoms with E-state index >= 15 is 0 Å². The summed E-state index contributed by atoms with van der Waals surface area (Å²) < 4.78 is 0.585. The summed E-state index contributed by atoms with van der Waals surface area (Å²) in [4.78, 5) is 38.1. The second-order valence-electron chi connectivity index (χ2n) is 6.62. The summed E-state index contributed by atoms with van der Waals surface area (Å²) in [5, 5.41) is 13.2. The van der Waals surface area contributed by atoms with Crippen LogP contribution in [0.1, 0.15) is 38.7 Å². The number of aromatic nitrogens is 2. The molecule has 2 aromatic rings. The third-order valence-electron chi connectivity index (χ3n) is 4.26. The summed E-state index contributed by atoms with van der Waals surface area (Å²) >= 11 is 2.50. The van der Waals surface area contributed by atoms with Crippen molar-refractivity contribution in [2.45, 2.75) is 55.3 Å². The number of rotatable bonds is 8. The number of anilines is 1. The van der Waals surface area contributed by atoms with Crippen LogP contribution in [-0.4, -0.2) is 39.3 Å². The van der Waals surface area contributed by atoms with Crippen LogP contribution in [0.5, 0.6) is 0 Å². The molecule has 29 heavy (non-hydrogen) atoms. The van der Waals surface area contributed by atoms with Crippen molar-refractivity contribution >= 4 is 46.1 Å². The van der Waals surface area contributed by atoms with E-state index in [0.717, 1.165) is 18.4 Å². The average Bonchev–Trinajstić information content (AvgIpc) is 3.45. The van der Waals surface area contributed by atoms with Gasteiger partial charge in [0.1, 0.15) is 0 Å². The Kier molecular flexibility index (Phi) is 7.21. The first-order valence-electron chi connectivity index (χ1n) is 9.42. The van der Waals surface area contributed by atoms with Crippen molar-refractivity contribution in [3.05, 3.63) is 35.9 Å². The number of thioether (sulfide) groups is 1. The topological polar surface area (TPSA) is 104 Å². The molecule has 1 aromatic heterocycles. The molecule has 0 aliphatic heterocycles. The molecule has 0 spiro atoms. The minimum absolute atomic E-state index is 0.0288. The molecule has 0 saturated heterocycles. The molecule has 10 heteroatoms. The van der Waals surface area contributed by atoms with Crippen molar-refractivity contribution in [3.8, 4) is 0 Å². The number of hydrogen-bond acceptors (Lipinski definition) is 7. The molecule has 1 saturated carbocycles. The van der Waals surface area contributed by atoms with Gasteiger partial charge in [-0.05, 0) is 25.3 Å². The van der Waals surface area contributed by atoms with Gasteiger partial charge in [-0.1, -0.05) is 60.4 Å². The Morgan fingerprint density at radius 3 is 2.62 bits per heavy atom. The zero-order valence-corrected chi connectivity index (χ0v) is 17.9. The van der Waals surface area contributed by atoms with Gasteiger partial charge in [-0.3, -0.25) is 19.8 Å². The molecule has 1 heterocycles. The van der Waals surface area contributed by atoms with Crippen LogP contribution in [0, 0.1) is 0 Å². The number of imide groups is 1. The average molecular weight is 434 g/mol. The molecule has 0 bridgehead atoms. The van der Waals surface area contributed by atoms with E-state index < -0.39 is 17.2 Å². The molecule has 1 aromatic carbocycles. The van der Waals surface area contributed by atoms with E-state index in [9.17, 15) is 14.4 Å². The predicted octanol–water partition coefficient (Wildman–Crippen LogP) is 2.95. The summed E-state index contributed by atoms with van der Waals surface area (Å²) in [5.41, 5.74) is 0.945. The molecule has 1 unspecified atom stereocenters. The number of urea groups is 1. The van der Waals surface area contributed by atoms with Gasteiger partial charge in [0.25, 0.3) is 0 Å². The van der Waals surface area contributed by atoms with Crippen molar-refractivity contribution in [1.29, 1.82) is 0 Å². The maximum absolute atomic E-state index is 12.3. The van der Waals surface area contributed by atoms with E-state index in [-0.39, 0.29) is 11.9 Å². The molecule has 2 N–H and O–H groups in total. The van der Waals surface area contributed by atoms with Gasteiger partial charge in [-0.2, -0.15) is 0 Å². The molecule has 1 aliphatic rings. The quantitative estimate of drug-likeness (QED) is 0.490. The molecular formula is C19H23N5O3S2. The molecule has 1 atom stereocenters. The number of nitrogens with one attached hydrogen (secondary N) is 2. The maximum Gasteiger partial charge on any atom is 0.321 e. The van der Waals surface area contributed by atoms with Gasteiger partial charge in [0.05, 0.1) is 5.25 Å². The number of benzene rings is 1. The zero-order valence-electron chi connectivity index (χ0n) is 16.3. The lowest BCUT2D eigenvalue weighted by atomic mass is 10.2. The Balaban J connectivity index is 1.50. The van der Waals surface area contributed by atoms with Crippen LogP contribution >= 0.6 is 23.1 Å². The van der Waals surface area contributed by atoms with E-state index in [2.05, 4.69) is 20.8 Å². The van der Waals surface area contributed by atoms with Gasteiger partial charge in [0.15, 0.2) is 4.34 Å². The fourth-order valence-electron chi connectivity index (χ4n) is 2.56. The summed E-state index contributed by atoms with van der Waals surface area (Å²) in [6.45, 7) is 3.86. The molecule has 154 valence electrons. The molecule has 0 radical (unpaired) electrons. The summed E-state index contributed by atoms with van der Waals surface area (Å²) in [6.07, 6.45) is 2.37. The summed E-state index contributed by atoms with van der Waals surface area (Å²) in [6, 6.07) is 9.11. The number of amides is 4. The van der Waals surface area contributed by atoms with Crippen LogP contribution < -0.4 is 15.5 Å². The van der Waals surface area contributed by atoms with Gasteiger partial charge in [0, 0.05) is 19.0 Å². The first-order chi connectivity index (χ1) is 14.0. The molecule has 1 aliphatic carbocycles. The van der Waals surface area contributed by atoms with Crippen molar-refractivity contribution in [2.24, 2.45) is 0 Å². The zero-order chi connectivity index (χ0) is 20.8. The third kappa shape index (κ3) is 6.01. The number of nitrogens with zero attached hydrogens (tertiary/aromatic N) is 3. The number of hydrogen-bond donors (Lipinski definition) is 2. The Labute approximate surface area is 177 Å². The monoisotopic (exact) mass is 433 g/mol. The highest BCUT2D eigenvalue weighted by Crippen LogP contribution is 2.37. The molecule has 8 nitrogen and oxygen atoms in total. The number of carbonyl (C=O) groups excluding carboxylic acids is 3. The van der Waals surface area contributed by atoms with Crippen LogP contribution in [0.4, 0.5) is 9.93 Å². The highest BCUT2D eigenvalue weighted by molar-refractivity contribution is 8.02. The minimum Gasteiger partial charge on any atom is -0.334 e. The van der Waals surface area contributed by atoms with Crippen LogP contribution in [-0.2, 0) is 16.1 Å². The lowest BCUT2D eigenvalue weighted by Crippen LogP contribution is -2.42. The van der Waals surface area contributed by atoms with E-state index in [0.29, 0.717) is 22.4 Å². The second kappa shape index (κ2) is 9.84. The molecule has 4 amide bonds. The van der Waals surface area contributed by atoms with Crippen LogP contribution in [0.3, 0.4) is 0 Å². The van der Waals surface area contributed by atoms with Crippen molar-refractivity contribution in [2.75, 3.05) is 4.90 Å². The van der Waals surface area contributed by atoms with Gasteiger partial charge < -0.3 is 5.32 Å². The predicted molar refractivity (Wildman–Crippen MR) is 113 cm³/mol. The molecular weight excluding hydrogens is 410 g/mol. The largest absolute Gasteiger partial charge is 0.334 e. The summed E-state index contributed by atoms with van der Waals surface area (Å²) in [5.74, 6) is -0.387. The third-order valence-corrected chi connectivity index (χ3v) is 6.37. The Morgan fingerprint density at radius 2 is 1.97 bits per heavy atom. The smallest absolute Gasteiger partial charge is 0.321 e. The van der Waals surface area contributed by atoms with Crippen molar-refractivity contribution in [1.82, 2.24) is 20.8 Å². The van der Waals surface area contributed by atoms with Gasteiger partial charge >= 0.3 is 6.03 Å². The fraction of sp³-hybridized carbons (Fsp3) is 0.421. The Morgan fingerprint density at radius 1 is 1.24 bits per heavy atom. The van der Waals surface area contributed by atoms with Crippen LogP contribution in [0.25, 0.3) is 0 Å².